The third kappa shape index (κ3) is 2.77. The molecule has 0 bridgehead atoms. The van der Waals surface area contributed by atoms with Gasteiger partial charge in [-0.3, -0.25) is 9.38 Å². The molecule has 0 amide bonds. The number of benzene rings is 2. The van der Waals surface area contributed by atoms with Crippen molar-refractivity contribution in [1.82, 2.24) is 14.4 Å². The molecule has 5 aromatic rings. The van der Waals surface area contributed by atoms with Gasteiger partial charge in [-0.05, 0) is 46.7 Å². The minimum Gasteiger partial charge on any atom is -0.299 e. The molecule has 0 aliphatic carbocycles. The lowest BCUT2D eigenvalue weighted by molar-refractivity contribution is 1.17. The fraction of sp³-hybridized carbons (Fsp3) is 0.0435. The zero-order valence-electron chi connectivity index (χ0n) is 14.5. The first kappa shape index (κ1) is 16.0. The molecule has 130 valence electrons. The quantitative estimate of drug-likeness (QED) is 0.367. The van der Waals surface area contributed by atoms with E-state index in [0.717, 1.165) is 33.9 Å². The van der Waals surface area contributed by atoms with Gasteiger partial charge < -0.3 is 0 Å². The number of aromatic nitrogens is 3. The number of hydrogen-bond acceptors (Lipinski definition) is 2. The molecule has 3 heterocycles. The monoisotopic (exact) mass is 369 g/mol. The van der Waals surface area contributed by atoms with Crippen LogP contribution >= 0.6 is 11.6 Å². The van der Waals surface area contributed by atoms with Crippen LogP contribution in [0.1, 0.15) is 5.56 Å². The van der Waals surface area contributed by atoms with Crippen LogP contribution in [0, 0.1) is 0 Å². The Morgan fingerprint density at radius 3 is 2.52 bits per heavy atom. The Labute approximate surface area is 161 Å². The second-order valence-electron chi connectivity index (χ2n) is 6.48. The number of fused-ring (bicyclic) bond motifs is 2. The Morgan fingerprint density at radius 1 is 0.852 bits per heavy atom. The highest BCUT2D eigenvalue weighted by Gasteiger charge is 2.17. The van der Waals surface area contributed by atoms with E-state index in [4.69, 9.17) is 16.6 Å². The smallest absolute Gasteiger partial charge is 0.138 e. The molecule has 0 saturated heterocycles. The van der Waals surface area contributed by atoms with Crippen LogP contribution < -0.4 is 0 Å². The average molecular weight is 370 g/mol. The van der Waals surface area contributed by atoms with Crippen molar-refractivity contribution in [2.45, 2.75) is 5.88 Å². The van der Waals surface area contributed by atoms with Crippen LogP contribution in [-0.2, 0) is 5.88 Å². The molecule has 2 aromatic carbocycles. The lowest BCUT2D eigenvalue weighted by atomic mass is 10.0. The number of nitrogens with zero attached hydrogens (tertiary/aromatic N) is 3. The number of rotatable bonds is 3. The highest BCUT2D eigenvalue weighted by Crippen LogP contribution is 2.33. The Bertz CT molecular complexity index is 1260. The highest BCUT2D eigenvalue weighted by atomic mass is 35.5. The van der Waals surface area contributed by atoms with Crippen LogP contribution in [0.15, 0.2) is 85.2 Å². The lowest BCUT2D eigenvalue weighted by Crippen LogP contribution is -1.91. The van der Waals surface area contributed by atoms with Crippen molar-refractivity contribution in [2.24, 2.45) is 0 Å². The second-order valence-corrected chi connectivity index (χ2v) is 6.75. The summed E-state index contributed by atoms with van der Waals surface area (Å²) in [6.07, 6.45) is 3.84. The highest BCUT2D eigenvalue weighted by molar-refractivity contribution is 6.17. The summed E-state index contributed by atoms with van der Waals surface area (Å²) in [7, 11) is 0. The van der Waals surface area contributed by atoms with Gasteiger partial charge in [0.2, 0.25) is 0 Å². The SMILES string of the molecule is ClCc1ccn2c(-c3ccc4ccccc4c3)c(-c3ccccn3)nc2c1. The molecule has 0 unspecified atom stereocenters. The van der Waals surface area contributed by atoms with Gasteiger partial charge in [-0.2, -0.15) is 0 Å². The first-order valence-corrected chi connectivity index (χ1v) is 9.34. The lowest BCUT2D eigenvalue weighted by Gasteiger charge is -2.07. The summed E-state index contributed by atoms with van der Waals surface area (Å²) in [5.41, 5.74) is 5.80. The van der Waals surface area contributed by atoms with Crippen molar-refractivity contribution in [3.8, 4) is 22.6 Å². The van der Waals surface area contributed by atoms with Gasteiger partial charge >= 0.3 is 0 Å². The molecule has 4 heteroatoms. The molecule has 0 aliphatic heterocycles. The first-order chi connectivity index (χ1) is 13.3. The predicted octanol–water partition coefficient (Wildman–Crippen LogP) is 5.96. The maximum atomic E-state index is 6.02. The summed E-state index contributed by atoms with van der Waals surface area (Å²) in [4.78, 5) is 9.42. The molecule has 0 radical (unpaired) electrons. The van der Waals surface area contributed by atoms with Crippen molar-refractivity contribution in [3.05, 3.63) is 90.8 Å². The largest absolute Gasteiger partial charge is 0.299 e. The fourth-order valence-corrected chi connectivity index (χ4v) is 3.63. The molecule has 0 fully saturated rings. The van der Waals surface area contributed by atoms with Crippen LogP contribution in [0.4, 0.5) is 0 Å². The Balaban J connectivity index is 1.82. The maximum absolute atomic E-state index is 6.02. The number of pyridine rings is 2. The van der Waals surface area contributed by atoms with Gasteiger partial charge in [0.25, 0.3) is 0 Å². The Kier molecular flexibility index (Phi) is 3.88. The van der Waals surface area contributed by atoms with Crippen LogP contribution in [0.5, 0.6) is 0 Å². The van der Waals surface area contributed by atoms with Crippen LogP contribution in [0.25, 0.3) is 39.1 Å². The Hall–Kier alpha value is -3.17. The van der Waals surface area contributed by atoms with Gasteiger partial charge in [-0.1, -0.05) is 42.5 Å². The van der Waals surface area contributed by atoms with Gasteiger partial charge in [-0.25, -0.2) is 4.98 Å². The normalized spacial score (nSPS) is 11.3. The van der Waals surface area contributed by atoms with E-state index in [1.807, 2.05) is 36.5 Å². The third-order valence-electron chi connectivity index (χ3n) is 4.78. The van der Waals surface area contributed by atoms with Crippen LogP contribution in [-0.4, -0.2) is 14.4 Å². The zero-order valence-corrected chi connectivity index (χ0v) is 15.3. The molecule has 5 rings (SSSR count). The summed E-state index contributed by atoms with van der Waals surface area (Å²) < 4.78 is 2.12. The summed E-state index contributed by atoms with van der Waals surface area (Å²) in [6, 6.07) is 24.9. The van der Waals surface area contributed by atoms with E-state index < -0.39 is 0 Å². The van der Waals surface area contributed by atoms with E-state index in [2.05, 4.69) is 51.8 Å². The van der Waals surface area contributed by atoms with Crippen LogP contribution in [0.3, 0.4) is 0 Å². The standard InChI is InChI=1S/C23H16ClN3/c24-15-16-10-12-27-21(13-16)26-22(20-7-3-4-11-25-20)23(27)19-9-8-17-5-1-2-6-18(17)14-19/h1-14H,15H2. The number of halogens is 1. The van der Waals surface area contributed by atoms with Gasteiger partial charge in [0.05, 0.1) is 11.4 Å². The summed E-state index contributed by atoms with van der Waals surface area (Å²) in [5, 5.41) is 2.42. The van der Waals surface area contributed by atoms with E-state index in [-0.39, 0.29) is 0 Å². The van der Waals surface area contributed by atoms with Crippen molar-refractivity contribution >= 4 is 28.0 Å². The molecular formula is C23H16ClN3. The molecule has 0 atom stereocenters. The average Bonchev–Trinajstić information content (AvgIpc) is 3.12. The van der Waals surface area contributed by atoms with E-state index in [0.29, 0.717) is 5.88 Å². The van der Waals surface area contributed by atoms with E-state index in [1.165, 1.54) is 10.8 Å². The molecule has 3 aromatic heterocycles. The topological polar surface area (TPSA) is 30.2 Å². The van der Waals surface area contributed by atoms with Crippen LogP contribution in [0.2, 0.25) is 0 Å². The summed E-state index contributed by atoms with van der Waals surface area (Å²) in [6.45, 7) is 0. The first-order valence-electron chi connectivity index (χ1n) is 8.81. The van der Waals surface area contributed by atoms with Gasteiger partial charge in [0, 0.05) is 23.8 Å². The minimum atomic E-state index is 0.466. The van der Waals surface area contributed by atoms with Gasteiger partial charge in [-0.15, -0.1) is 11.6 Å². The zero-order chi connectivity index (χ0) is 18.2. The molecule has 3 nitrogen and oxygen atoms in total. The van der Waals surface area contributed by atoms with Crippen molar-refractivity contribution in [2.75, 3.05) is 0 Å². The van der Waals surface area contributed by atoms with E-state index in [1.54, 1.807) is 6.20 Å². The van der Waals surface area contributed by atoms with Gasteiger partial charge in [0.15, 0.2) is 0 Å². The van der Waals surface area contributed by atoms with Crippen molar-refractivity contribution in [3.63, 3.8) is 0 Å². The third-order valence-corrected chi connectivity index (χ3v) is 5.08. The minimum absolute atomic E-state index is 0.466. The molecule has 0 aliphatic rings. The number of alkyl halides is 1. The number of hydrogen-bond donors (Lipinski definition) is 0. The maximum Gasteiger partial charge on any atom is 0.138 e. The van der Waals surface area contributed by atoms with E-state index >= 15 is 0 Å². The molecule has 0 N–H and O–H groups in total. The molecule has 27 heavy (non-hydrogen) atoms. The Morgan fingerprint density at radius 2 is 1.70 bits per heavy atom. The second kappa shape index (κ2) is 6.53. The molecule has 0 spiro atoms. The van der Waals surface area contributed by atoms with Crippen molar-refractivity contribution in [1.29, 1.82) is 0 Å². The number of imidazole rings is 1. The predicted molar refractivity (Wildman–Crippen MR) is 111 cm³/mol. The molecular weight excluding hydrogens is 354 g/mol. The fourth-order valence-electron chi connectivity index (χ4n) is 3.46. The van der Waals surface area contributed by atoms with E-state index in [9.17, 15) is 0 Å². The summed E-state index contributed by atoms with van der Waals surface area (Å²) >= 11 is 6.02. The van der Waals surface area contributed by atoms with Crippen molar-refractivity contribution < 1.29 is 0 Å². The molecule has 0 saturated carbocycles. The van der Waals surface area contributed by atoms with Gasteiger partial charge in [0.1, 0.15) is 11.3 Å². The summed E-state index contributed by atoms with van der Waals surface area (Å²) in [5.74, 6) is 0.466.